The molecular formula is C11H20ClN3O2. The normalized spacial score (nSPS) is 28.8. The number of carbonyl (C=O) groups is 2. The Morgan fingerprint density at radius 2 is 2.00 bits per heavy atom. The highest BCUT2D eigenvalue weighted by atomic mass is 35.5. The molecule has 0 aromatic heterocycles. The second-order valence-electron chi connectivity index (χ2n) is 4.54. The summed E-state index contributed by atoms with van der Waals surface area (Å²) in [5.41, 5.74) is 0. The Morgan fingerprint density at radius 3 is 2.65 bits per heavy atom. The largest absolute Gasteiger partial charge is 0.354 e. The summed E-state index contributed by atoms with van der Waals surface area (Å²) >= 11 is 0. The minimum atomic E-state index is -0.317. The summed E-state index contributed by atoms with van der Waals surface area (Å²) < 4.78 is 0. The van der Waals surface area contributed by atoms with Crippen LogP contribution < -0.4 is 16.0 Å². The predicted octanol–water partition coefficient (Wildman–Crippen LogP) is -0.197. The number of piperidine rings is 2. The topological polar surface area (TPSA) is 70.2 Å². The Labute approximate surface area is 108 Å². The van der Waals surface area contributed by atoms with E-state index in [-0.39, 0.29) is 36.2 Å². The number of halogens is 1. The van der Waals surface area contributed by atoms with Crippen molar-refractivity contribution in [3.8, 4) is 0 Å². The van der Waals surface area contributed by atoms with Crippen LogP contribution in [0.5, 0.6) is 0 Å². The highest BCUT2D eigenvalue weighted by Gasteiger charge is 2.27. The SMILES string of the molecule is Cl.O=C1NCCCC1NC(=O)[C@@H]1CCCNC1. The molecule has 0 aromatic rings. The molecule has 2 saturated heterocycles. The van der Waals surface area contributed by atoms with Gasteiger partial charge in [-0.2, -0.15) is 0 Å². The lowest BCUT2D eigenvalue weighted by Crippen LogP contribution is -2.52. The third-order valence-electron chi connectivity index (χ3n) is 3.27. The van der Waals surface area contributed by atoms with E-state index < -0.39 is 0 Å². The van der Waals surface area contributed by atoms with Crippen LogP contribution >= 0.6 is 12.4 Å². The average Bonchev–Trinajstić information content (AvgIpc) is 2.33. The highest BCUT2D eigenvalue weighted by molar-refractivity contribution is 5.89. The molecule has 2 atom stereocenters. The minimum absolute atomic E-state index is 0. The molecule has 2 aliphatic heterocycles. The second kappa shape index (κ2) is 6.81. The maximum absolute atomic E-state index is 11.9. The van der Waals surface area contributed by atoms with Gasteiger partial charge in [-0.1, -0.05) is 0 Å². The number of carbonyl (C=O) groups excluding carboxylic acids is 2. The van der Waals surface area contributed by atoms with Crippen molar-refractivity contribution in [2.24, 2.45) is 5.92 Å². The smallest absolute Gasteiger partial charge is 0.242 e. The number of hydrogen-bond donors (Lipinski definition) is 3. The molecule has 2 amide bonds. The summed E-state index contributed by atoms with van der Waals surface area (Å²) in [6, 6.07) is -0.317. The van der Waals surface area contributed by atoms with Crippen molar-refractivity contribution in [2.75, 3.05) is 19.6 Å². The van der Waals surface area contributed by atoms with Gasteiger partial charge in [0.1, 0.15) is 6.04 Å². The molecule has 0 aromatic carbocycles. The molecule has 98 valence electrons. The van der Waals surface area contributed by atoms with E-state index in [9.17, 15) is 9.59 Å². The van der Waals surface area contributed by atoms with Crippen molar-refractivity contribution in [1.82, 2.24) is 16.0 Å². The Kier molecular flexibility index (Phi) is 5.71. The quantitative estimate of drug-likeness (QED) is 0.645. The Bertz CT molecular complexity index is 280. The summed E-state index contributed by atoms with van der Waals surface area (Å²) in [7, 11) is 0. The Hall–Kier alpha value is -0.810. The molecule has 0 radical (unpaired) electrons. The number of amides is 2. The van der Waals surface area contributed by atoms with Crippen molar-refractivity contribution in [3.05, 3.63) is 0 Å². The lowest BCUT2D eigenvalue weighted by molar-refractivity contribution is -0.132. The van der Waals surface area contributed by atoms with Crippen LogP contribution in [0.15, 0.2) is 0 Å². The molecule has 2 heterocycles. The monoisotopic (exact) mass is 261 g/mol. The van der Waals surface area contributed by atoms with Crippen LogP contribution in [0.4, 0.5) is 0 Å². The number of hydrogen-bond acceptors (Lipinski definition) is 3. The van der Waals surface area contributed by atoms with Crippen LogP contribution in [-0.2, 0) is 9.59 Å². The third-order valence-corrected chi connectivity index (χ3v) is 3.27. The van der Waals surface area contributed by atoms with Crippen LogP contribution in [0.1, 0.15) is 25.7 Å². The van der Waals surface area contributed by atoms with Gasteiger partial charge in [0.05, 0.1) is 5.92 Å². The molecule has 0 aliphatic carbocycles. The van der Waals surface area contributed by atoms with Crippen LogP contribution in [0, 0.1) is 5.92 Å². The van der Waals surface area contributed by atoms with E-state index in [1.54, 1.807) is 0 Å². The van der Waals surface area contributed by atoms with E-state index in [2.05, 4.69) is 16.0 Å². The molecule has 0 spiro atoms. The molecule has 2 aliphatic rings. The third kappa shape index (κ3) is 3.85. The molecule has 5 nitrogen and oxygen atoms in total. The maximum Gasteiger partial charge on any atom is 0.242 e. The maximum atomic E-state index is 11.9. The first-order valence-electron chi connectivity index (χ1n) is 6.06. The molecule has 2 rings (SSSR count). The molecule has 2 fully saturated rings. The van der Waals surface area contributed by atoms with Crippen molar-refractivity contribution >= 4 is 24.2 Å². The van der Waals surface area contributed by atoms with E-state index in [1.807, 2.05) is 0 Å². The number of rotatable bonds is 2. The fourth-order valence-electron chi connectivity index (χ4n) is 2.27. The lowest BCUT2D eigenvalue weighted by atomic mass is 9.97. The van der Waals surface area contributed by atoms with Crippen LogP contribution in [0.25, 0.3) is 0 Å². The van der Waals surface area contributed by atoms with Gasteiger partial charge in [0.2, 0.25) is 11.8 Å². The first-order valence-corrected chi connectivity index (χ1v) is 6.06. The fraction of sp³-hybridized carbons (Fsp3) is 0.818. The average molecular weight is 262 g/mol. The van der Waals surface area contributed by atoms with Gasteiger partial charge >= 0.3 is 0 Å². The Morgan fingerprint density at radius 1 is 1.24 bits per heavy atom. The van der Waals surface area contributed by atoms with Crippen LogP contribution in [0.2, 0.25) is 0 Å². The molecule has 3 N–H and O–H groups in total. The second-order valence-corrected chi connectivity index (χ2v) is 4.54. The fourth-order valence-corrected chi connectivity index (χ4v) is 2.27. The van der Waals surface area contributed by atoms with Gasteiger partial charge in [-0.15, -0.1) is 12.4 Å². The zero-order valence-corrected chi connectivity index (χ0v) is 10.6. The zero-order chi connectivity index (χ0) is 11.4. The van der Waals surface area contributed by atoms with Gasteiger partial charge in [0.15, 0.2) is 0 Å². The van der Waals surface area contributed by atoms with Gasteiger partial charge in [-0.3, -0.25) is 9.59 Å². The first-order chi connectivity index (χ1) is 7.77. The Balaban J connectivity index is 0.00000144. The van der Waals surface area contributed by atoms with Gasteiger partial charge < -0.3 is 16.0 Å². The summed E-state index contributed by atoms with van der Waals surface area (Å²) in [5.74, 6) is 0.0149. The van der Waals surface area contributed by atoms with Crippen LogP contribution in [0.3, 0.4) is 0 Å². The lowest BCUT2D eigenvalue weighted by Gasteiger charge is -2.27. The summed E-state index contributed by atoms with van der Waals surface area (Å²) in [6.45, 7) is 2.46. The molecule has 1 unspecified atom stereocenters. The van der Waals surface area contributed by atoms with E-state index in [0.717, 1.165) is 45.3 Å². The molecule has 6 heteroatoms. The summed E-state index contributed by atoms with van der Waals surface area (Å²) in [5, 5.41) is 8.82. The summed E-state index contributed by atoms with van der Waals surface area (Å²) in [4.78, 5) is 23.4. The van der Waals surface area contributed by atoms with Gasteiger partial charge in [-0.05, 0) is 32.2 Å². The molecule has 0 bridgehead atoms. The summed E-state index contributed by atoms with van der Waals surface area (Å²) in [6.07, 6.45) is 3.67. The minimum Gasteiger partial charge on any atom is -0.354 e. The van der Waals surface area contributed by atoms with Crippen LogP contribution in [-0.4, -0.2) is 37.5 Å². The van der Waals surface area contributed by atoms with Gasteiger partial charge in [0, 0.05) is 13.1 Å². The van der Waals surface area contributed by atoms with Crippen molar-refractivity contribution in [2.45, 2.75) is 31.7 Å². The van der Waals surface area contributed by atoms with E-state index in [4.69, 9.17) is 0 Å². The van der Waals surface area contributed by atoms with E-state index >= 15 is 0 Å². The standard InChI is InChI=1S/C11H19N3O2.ClH/c15-10(8-3-1-5-12-7-8)14-9-4-2-6-13-11(9)16;/h8-9,12H,1-7H2,(H,13,16)(H,14,15);1H/t8-,9?;/m1./s1. The number of nitrogens with one attached hydrogen (secondary N) is 3. The van der Waals surface area contributed by atoms with Gasteiger partial charge in [0.25, 0.3) is 0 Å². The van der Waals surface area contributed by atoms with Gasteiger partial charge in [-0.25, -0.2) is 0 Å². The van der Waals surface area contributed by atoms with E-state index in [0.29, 0.717) is 0 Å². The van der Waals surface area contributed by atoms with Crippen molar-refractivity contribution in [3.63, 3.8) is 0 Å². The molecular weight excluding hydrogens is 242 g/mol. The van der Waals surface area contributed by atoms with E-state index in [1.165, 1.54) is 0 Å². The first kappa shape index (κ1) is 14.3. The molecule has 17 heavy (non-hydrogen) atoms. The highest BCUT2D eigenvalue weighted by Crippen LogP contribution is 2.11. The predicted molar refractivity (Wildman–Crippen MR) is 67.0 cm³/mol. The molecule has 0 saturated carbocycles. The van der Waals surface area contributed by atoms with Crippen molar-refractivity contribution < 1.29 is 9.59 Å². The van der Waals surface area contributed by atoms with Crippen molar-refractivity contribution in [1.29, 1.82) is 0 Å². The zero-order valence-electron chi connectivity index (χ0n) is 9.83.